The van der Waals surface area contributed by atoms with Gasteiger partial charge in [-0.1, -0.05) is 13.3 Å². The summed E-state index contributed by atoms with van der Waals surface area (Å²) in [6.07, 6.45) is 3.12. The molecule has 0 aromatic heterocycles. The van der Waals surface area contributed by atoms with Gasteiger partial charge in [0.15, 0.2) is 0 Å². The van der Waals surface area contributed by atoms with Crippen molar-refractivity contribution >= 4 is 5.91 Å². The minimum atomic E-state index is -0.276. The summed E-state index contributed by atoms with van der Waals surface area (Å²) in [4.78, 5) is 13.0. The van der Waals surface area contributed by atoms with Crippen molar-refractivity contribution in [1.82, 2.24) is 4.90 Å². The number of nitrogens with zero attached hydrogens (tertiary/aromatic N) is 1. The molecule has 0 bridgehead atoms. The summed E-state index contributed by atoms with van der Waals surface area (Å²) in [5, 5.41) is 0. The molecular weight excluding hydrogens is 218 g/mol. The summed E-state index contributed by atoms with van der Waals surface area (Å²) in [6, 6.07) is 0. The fraction of sp³-hybridized carbons (Fsp3) is 0.917. The SMILES string of the molecule is CCCCN(CCC(CN)OCC)CC(N)=O. The van der Waals surface area contributed by atoms with Crippen LogP contribution >= 0.6 is 0 Å². The molecule has 5 heteroatoms. The molecule has 5 nitrogen and oxygen atoms in total. The summed E-state index contributed by atoms with van der Waals surface area (Å²) < 4.78 is 5.48. The van der Waals surface area contributed by atoms with E-state index in [1.165, 1.54) is 0 Å². The Kier molecular flexibility index (Phi) is 10.1. The first-order valence-electron chi connectivity index (χ1n) is 6.46. The van der Waals surface area contributed by atoms with Crippen LogP contribution in [0.4, 0.5) is 0 Å². The first kappa shape index (κ1) is 16.4. The number of carbonyl (C=O) groups excluding carboxylic acids is 1. The molecule has 0 radical (unpaired) electrons. The first-order chi connectivity index (χ1) is 8.13. The van der Waals surface area contributed by atoms with Gasteiger partial charge in [0, 0.05) is 19.7 Å². The van der Waals surface area contributed by atoms with Gasteiger partial charge in [0.05, 0.1) is 12.6 Å². The fourth-order valence-corrected chi connectivity index (χ4v) is 1.70. The van der Waals surface area contributed by atoms with Gasteiger partial charge in [-0.15, -0.1) is 0 Å². The molecule has 0 aromatic carbocycles. The maximum atomic E-state index is 10.9. The molecule has 0 spiro atoms. The predicted octanol–water partition coefficient (Wildman–Crippen LogP) is 0.328. The van der Waals surface area contributed by atoms with Crippen molar-refractivity contribution in [1.29, 1.82) is 0 Å². The fourth-order valence-electron chi connectivity index (χ4n) is 1.70. The van der Waals surface area contributed by atoms with E-state index in [0.717, 1.165) is 32.4 Å². The molecule has 1 unspecified atom stereocenters. The zero-order chi connectivity index (χ0) is 13.1. The Bertz CT molecular complexity index is 200. The normalized spacial score (nSPS) is 12.9. The highest BCUT2D eigenvalue weighted by molar-refractivity contribution is 5.75. The van der Waals surface area contributed by atoms with E-state index in [1.807, 2.05) is 6.92 Å². The van der Waals surface area contributed by atoms with Crippen LogP contribution in [0.25, 0.3) is 0 Å². The number of rotatable bonds is 11. The summed E-state index contributed by atoms with van der Waals surface area (Å²) in [5.74, 6) is -0.276. The molecule has 0 aliphatic heterocycles. The van der Waals surface area contributed by atoms with Crippen LogP contribution in [-0.2, 0) is 9.53 Å². The highest BCUT2D eigenvalue weighted by Crippen LogP contribution is 2.02. The first-order valence-corrected chi connectivity index (χ1v) is 6.46. The number of nitrogens with two attached hydrogens (primary N) is 2. The summed E-state index contributed by atoms with van der Waals surface area (Å²) >= 11 is 0. The quantitative estimate of drug-likeness (QED) is 0.549. The van der Waals surface area contributed by atoms with Crippen molar-refractivity contribution in [3.63, 3.8) is 0 Å². The van der Waals surface area contributed by atoms with Crippen LogP contribution in [0.2, 0.25) is 0 Å². The molecular formula is C12H27N3O2. The van der Waals surface area contributed by atoms with Crippen LogP contribution in [0.1, 0.15) is 33.1 Å². The van der Waals surface area contributed by atoms with Gasteiger partial charge in [-0.3, -0.25) is 9.69 Å². The Morgan fingerprint density at radius 3 is 2.53 bits per heavy atom. The minimum Gasteiger partial charge on any atom is -0.377 e. The monoisotopic (exact) mass is 245 g/mol. The van der Waals surface area contributed by atoms with E-state index in [1.54, 1.807) is 0 Å². The van der Waals surface area contributed by atoms with Crippen molar-refractivity contribution in [2.75, 3.05) is 32.8 Å². The molecule has 0 heterocycles. The number of unbranched alkanes of at least 4 members (excludes halogenated alkanes) is 1. The molecule has 1 amide bonds. The number of hydrogen-bond donors (Lipinski definition) is 2. The highest BCUT2D eigenvalue weighted by atomic mass is 16.5. The number of primary amides is 1. The topological polar surface area (TPSA) is 81.6 Å². The lowest BCUT2D eigenvalue weighted by molar-refractivity contribution is -0.119. The Hall–Kier alpha value is -0.650. The van der Waals surface area contributed by atoms with Crippen LogP contribution in [-0.4, -0.2) is 49.7 Å². The predicted molar refractivity (Wildman–Crippen MR) is 69.6 cm³/mol. The second-order valence-electron chi connectivity index (χ2n) is 4.20. The summed E-state index contributed by atoms with van der Waals surface area (Å²) in [5.41, 5.74) is 10.8. The molecule has 0 saturated heterocycles. The molecule has 0 rings (SSSR count). The third-order valence-electron chi connectivity index (χ3n) is 2.64. The zero-order valence-corrected chi connectivity index (χ0v) is 11.2. The van der Waals surface area contributed by atoms with Crippen LogP contribution in [0.5, 0.6) is 0 Å². The van der Waals surface area contributed by atoms with E-state index in [9.17, 15) is 4.79 Å². The molecule has 0 aromatic rings. The van der Waals surface area contributed by atoms with Gasteiger partial charge < -0.3 is 16.2 Å². The van der Waals surface area contributed by atoms with Crippen molar-refractivity contribution in [2.45, 2.75) is 39.2 Å². The highest BCUT2D eigenvalue weighted by Gasteiger charge is 2.11. The minimum absolute atomic E-state index is 0.0806. The summed E-state index contributed by atoms with van der Waals surface area (Å²) in [6.45, 7) is 7.32. The molecule has 0 aliphatic carbocycles. The third-order valence-corrected chi connectivity index (χ3v) is 2.64. The molecule has 1 atom stereocenters. The van der Waals surface area contributed by atoms with Gasteiger partial charge >= 0.3 is 0 Å². The van der Waals surface area contributed by atoms with Gasteiger partial charge in [-0.2, -0.15) is 0 Å². The smallest absolute Gasteiger partial charge is 0.231 e. The average molecular weight is 245 g/mol. The zero-order valence-electron chi connectivity index (χ0n) is 11.2. The largest absolute Gasteiger partial charge is 0.377 e. The van der Waals surface area contributed by atoms with Crippen molar-refractivity contribution in [3.05, 3.63) is 0 Å². The summed E-state index contributed by atoms with van der Waals surface area (Å²) in [7, 11) is 0. The van der Waals surface area contributed by atoms with Gasteiger partial charge in [0.25, 0.3) is 0 Å². The second-order valence-corrected chi connectivity index (χ2v) is 4.20. The van der Waals surface area contributed by atoms with Gasteiger partial charge in [-0.25, -0.2) is 0 Å². The lowest BCUT2D eigenvalue weighted by Gasteiger charge is -2.23. The van der Waals surface area contributed by atoms with Crippen LogP contribution in [0.15, 0.2) is 0 Å². The van der Waals surface area contributed by atoms with Crippen molar-refractivity contribution in [3.8, 4) is 0 Å². The number of carbonyl (C=O) groups is 1. The van der Waals surface area contributed by atoms with Crippen LogP contribution < -0.4 is 11.5 Å². The van der Waals surface area contributed by atoms with Crippen LogP contribution in [0, 0.1) is 0 Å². The molecule has 102 valence electrons. The molecule has 17 heavy (non-hydrogen) atoms. The van der Waals surface area contributed by atoms with E-state index in [2.05, 4.69) is 11.8 Å². The van der Waals surface area contributed by atoms with Gasteiger partial charge in [0.2, 0.25) is 5.91 Å². The number of amides is 1. The van der Waals surface area contributed by atoms with Gasteiger partial charge in [-0.05, 0) is 26.3 Å². The Morgan fingerprint density at radius 1 is 1.35 bits per heavy atom. The van der Waals surface area contributed by atoms with E-state index < -0.39 is 0 Å². The van der Waals surface area contributed by atoms with Crippen LogP contribution in [0.3, 0.4) is 0 Å². The maximum absolute atomic E-state index is 10.9. The molecule has 0 fully saturated rings. The Morgan fingerprint density at radius 2 is 2.06 bits per heavy atom. The lowest BCUT2D eigenvalue weighted by Crippen LogP contribution is -2.37. The lowest BCUT2D eigenvalue weighted by atomic mass is 10.2. The Labute approximate surface area is 104 Å². The molecule has 4 N–H and O–H groups in total. The maximum Gasteiger partial charge on any atom is 0.231 e. The van der Waals surface area contributed by atoms with Crippen molar-refractivity contribution < 1.29 is 9.53 Å². The third kappa shape index (κ3) is 9.09. The molecule has 0 saturated carbocycles. The number of hydrogen-bond acceptors (Lipinski definition) is 4. The van der Waals surface area contributed by atoms with Gasteiger partial charge in [0.1, 0.15) is 0 Å². The number of ether oxygens (including phenoxy) is 1. The van der Waals surface area contributed by atoms with E-state index in [-0.39, 0.29) is 12.0 Å². The van der Waals surface area contributed by atoms with E-state index >= 15 is 0 Å². The average Bonchev–Trinajstić information content (AvgIpc) is 2.30. The standard InChI is InChI=1S/C12H27N3O2/c1-3-5-7-15(10-12(14)16)8-6-11(9-13)17-4-2/h11H,3-10,13H2,1-2H3,(H2,14,16). The molecule has 0 aliphatic rings. The second kappa shape index (κ2) is 10.5. The Balaban J connectivity index is 3.98. The van der Waals surface area contributed by atoms with E-state index in [0.29, 0.717) is 19.7 Å². The van der Waals surface area contributed by atoms with E-state index in [4.69, 9.17) is 16.2 Å². The van der Waals surface area contributed by atoms with Crippen molar-refractivity contribution in [2.24, 2.45) is 11.5 Å².